The van der Waals surface area contributed by atoms with E-state index >= 15 is 0 Å². The van der Waals surface area contributed by atoms with Gasteiger partial charge in [0.15, 0.2) is 0 Å². The molecule has 1 atom stereocenters. The first-order valence-electron chi connectivity index (χ1n) is 9.88. The van der Waals surface area contributed by atoms with E-state index in [1.165, 1.54) is 6.07 Å². The molecule has 8 heteroatoms. The zero-order valence-electron chi connectivity index (χ0n) is 16.4. The fourth-order valence-electron chi connectivity index (χ4n) is 3.73. The second-order valence-corrected chi connectivity index (χ2v) is 7.58. The second kappa shape index (κ2) is 8.01. The van der Waals surface area contributed by atoms with Crippen LogP contribution in [0.15, 0.2) is 53.1 Å². The quantitative estimate of drug-likeness (QED) is 0.653. The molecule has 1 aromatic carbocycles. The summed E-state index contributed by atoms with van der Waals surface area (Å²) in [7, 11) is 0. The van der Waals surface area contributed by atoms with Crippen LogP contribution in [0.3, 0.4) is 0 Å². The van der Waals surface area contributed by atoms with E-state index in [0.29, 0.717) is 37.5 Å². The van der Waals surface area contributed by atoms with Crippen molar-refractivity contribution in [3.05, 3.63) is 60.0 Å². The third-order valence-electron chi connectivity index (χ3n) is 5.50. The number of aromatic nitrogens is 1. The predicted octanol–water partition coefficient (Wildman–Crippen LogP) is 4.94. The Labute approximate surface area is 171 Å². The molecule has 3 heterocycles. The van der Waals surface area contributed by atoms with Crippen molar-refractivity contribution in [2.75, 3.05) is 18.0 Å². The van der Waals surface area contributed by atoms with Crippen molar-refractivity contribution in [3.8, 4) is 0 Å². The maximum atomic E-state index is 12.7. The summed E-state index contributed by atoms with van der Waals surface area (Å²) in [6.07, 6.45) is -2.32. The molecule has 1 fully saturated rings. The van der Waals surface area contributed by atoms with E-state index in [9.17, 15) is 18.0 Å². The first-order valence-corrected chi connectivity index (χ1v) is 9.88. The molecular formula is C22H22F3N3O2. The normalized spacial score (nSPS) is 16.6. The summed E-state index contributed by atoms with van der Waals surface area (Å²) in [5.41, 5.74) is 0.0195. The van der Waals surface area contributed by atoms with Crippen LogP contribution >= 0.6 is 0 Å². The van der Waals surface area contributed by atoms with E-state index in [0.717, 1.165) is 23.2 Å². The molecule has 4 rings (SSSR count). The number of carbonyl (C=O) groups is 1. The molecule has 0 unspecified atom stereocenters. The SMILES string of the molecule is C[C@H](NC(=O)C1CCN(c2ccc(C(F)(F)F)cn2)CC1)c1cc2ccccc2o1. The molecule has 1 amide bonds. The van der Waals surface area contributed by atoms with Crippen LogP contribution in [0, 0.1) is 5.92 Å². The lowest BCUT2D eigenvalue weighted by Crippen LogP contribution is -2.41. The highest BCUT2D eigenvalue weighted by Crippen LogP contribution is 2.30. The van der Waals surface area contributed by atoms with Crippen LogP contribution in [-0.4, -0.2) is 24.0 Å². The number of alkyl halides is 3. The van der Waals surface area contributed by atoms with Crippen LogP contribution in [0.5, 0.6) is 0 Å². The molecule has 0 radical (unpaired) electrons. The van der Waals surface area contributed by atoms with Gasteiger partial charge < -0.3 is 14.6 Å². The van der Waals surface area contributed by atoms with Crippen molar-refractivity contribution < 1.29 is 22.4 Å². The first kappa shape index (κ1) is 20.3. The highest BCUT2D eigenvalue weighted by atomic mass is 19.4. The van der Waals surface area contributed by atoms with Gasteiger partial charge in [0.05, 0.1) is 11.6 Å². The van der Waals surface area contributed by atoms with Crippen LogP contribution in [0.25, 0.3) is 11.0 Å². The number of para-hydroxylation sites is 1. The molecule has 1 saturated heterocycles. The Morgan fingerprint density at radius 1 is 1.20 bits per heavy atom. The number of piperidine rings is 1. The molecule has 5 nitrogen and oxygen atoms in total. The van der Waals surface area contributed by atoms with Crippen LogP contribution in [0.2, 0.25) is 0 Å². The number of amides is 1. The Morgan fingerprint density at radius 3 is 2.57 bits per heavy atom. The third-order valence-corrected chi connectivity index (χ3v) is 5.50. The number of nitrogens with one attached hydrogen (secondary N) is 1. The molecular weight excluding hydrogens is 395 g/mol. The number of halogens is 3. The smallest absolute Gasteiger partial charge is 0.417 e. The minimum atomic E-state index is -4.40. The van der Waals surface area contributed by atoms with Crippen LogP contribution in [0.4, 0.5) is 19.0 Å². The topological polar surface area (TPSA) is 58.4 Å². The van der Waals surface area contributed by atoms with Crippen molar-refractivity contribution >= 4 is 22.7 Å². The summed E-state index contributed by atoms with van der Waals surface area (Å²) in [6.45, 7) is 3.02. The van der Waals surface area contributed by atoms with E-state index in [1.807, 2.05) is 42.2 Å². The number of benzene rings is 1. The van der Waals surface area contributed by atoms with Gasteiger partial charge in [-0.1, -0.05) is 18.2 Å². The van der Waals surface area contributed by atoms with Crippen molar-refractivity contribution in [2.24, 2.45) is 5.92 Å². The van der Waals surface area contributed by atoms with Crippen molar-refractivity contribution in [3.63, 3.8) is 0 Å². The van der Waals surface area contributed by atoms with Gasteiger partial charge in [0.1, 0.15) is 17.2 Å². The lowest BCUT2D eigenvalue weighted by Gasteiger charge is -2.32. The summed E-state index contributed by atoms with van der Waals surface area (Å²) in [5.74, 6) is 1.01. The standard InChI is InChI=1S/C22H22F3N3O2/c1-14(19-12-16-4-2-3-5-18(16)30-19)27-21(29)15-8-10-28(11-9-15)20-7-6-17(13-26-20)22(23,24)25/h2-7,12-15H,8-11H2,1H3,(H,27,29)/t14-/m0/s1. The molecule has 0 bridgehead atoms. The predicted molar refractivity (Wildman–Crippen MR) is 107 cm³/mol. The Hall–Kier alpha value is -3.03. The summed E-state index contributed by atoms with van der Waals surface area (Å²) in [5, 5.41) is 4.01. The lowest BCUT2D eigenvalue weighted by molar-refractivity contribution is -0.137. The zero-order valence-corrected chi connectivity index (χ0v) is 16.4. The van der Waals surface area contributed by atoms with E-state index in [-0.39, 0.29) is 17.9 Å². The maximum Gasteiger partial charge on any atom is 0.417 e. The Morgan fingerprint density at radius 2 is 1.93 bits per heavy atom. The van der Waals surface area contributed by atoms with E-state index in [1.54, 1.807) is 0 Å². The molecule has 2 aromatic heterocycles. The summed E-state index contributed by atoms with van der Waals surface area (Å²) >= 11 is 0. The molecule has 0 aliphatic carbocycles. The number of fused-ring (bicyclic) bond motifs is 1. The largest absolute Gasteiger partial charge is 0.459 e. The molecule has 0 saturated carbocycles. The van der Waals surface area contributed by atoms with Crippen molar-refractivity contribution in [2.45, 2.75) is 32.0 Å². The molecule has 30 heavy (non-hydrogen) atoms. The number of pyridine rings is 1. The van der Waals surface area contributed by atoms with Gasteiger partial charge >= 0.3 is 6.18 Å². The highest BCUT2D eigenvalue weighted by Gasteiger charge is 2.31. The second-order valence-electron chi connectivity index (χ2n) is 7.58. The van der Waals surface area contributed by atoms with E-state index in [4.69, 9.17) is 4.42 Å². The maximum absolute atomic E-state index is 12.7. The van der Waals surface area contributed by atoms with Crippen LogP contribution < -0.4 is 10.2 Å². The summed E-state index contributed by atoms with van der Waals surface area (Å²) < 4.78 is 43.9. The number of hydrogen-bond acceptors (Lipinski definition) is 4. The molecule has 158 valence electrons. The van der Waals surface area contributed by atoms with Gasteiger partial charge in [-0.15, -0.1) is 0 Å². The average molecular weight is 417 g/mol. The fraction of sp³-hybridized carbons (Fsp3) is 0.364. The number of rotatable bonds is 4. The monoisotopic (exact) mass is 417 g/mol. The van der Waals surface area contributed by atoms with Crippen molar-refractivity contribution in [1.29, 1.82) is 0 Å². The zero-order chi connectivity index (χ0) is 21.3. The number of anilines is 1. The summed E-state index contributed by atoms with van der Waals surface area (Å²) in [4.78, 5) is 18.5. The Kier molecular flexibility index (Phi) is 5.40. The van der Waals surface area contributed by atoms with Gasteiger partial charge in [-0.25, -0.2) is 4.98 Å². The van der Waals surface area contributed by atoms with Gasteiger partial charge in [0.25, 0.3) is 0 Å². The molecule has 1 N–H and O–H groups in total. The number of hydrogen-bond donors (Lipinski definition) is 1. The number of nitrogens with zero attached hydrogens (tertiary/aromatic N) is 2. The Balaban J connectivity index is 1.32. The Bertz CT molecular complexity index is 989. The molecule has 1 aliphatic rings. The molecule has 3 aromatic rings. The third kappa shape index (κ3) is 4.27. The number of carbonyl (C=O) groups excluding carboxylic acids is 1. The lowest BCUT2D eigenvalue weighted by atomic mass is 9.95. The molecule has 1 aliphatic heterocycles. The molecule has 0 spiro atoms. The van der Waals surface area contributed by atoms with Gasteiger partial charge in [-0.2, -0.15) is 13.2 Å². The highest BCUT2D eigenvalue weighted by molar-refractivity contribution is 5.80. The van der Waals surface area contributed by atoms with Gasteiger partial charge in [-0.05, 0) is 44.0 Å². The van der Waals surface area contributed by atoms with Crippen LogP contribution in [0.1, 0.15) is 37.1 Å². The minimum Gasteiger partial charge on any atom is -0.459 e. The average Bonchev–Trinajstić information content (AvgIpc) is 3.18. The minimum absolute atomic E-state index is 0.0389. The van der Waals surface area contributed by atoms with Gasteiger partial charge in [0.2, 0.25) is 5.91 Å². The van der Waals surface area contributed by atoms with Crippen LogP contribution in [-0.2, 0) is 11.0 Å². The van der Waals surface area contributed by atoms with E-state index < -0.39 is 11.7 Å². The summed E-state index contributed by atoms with van der Waals surface area (Å²) in [6, 6.07) is 11.8. The number of furan rings is 1. The van der Waals surface area contributed by atoms with Gasteiger partial charge in [-0.3, -0.25) is 4.79 Å². The first-order chi connectivity index (χ1) is 14.3. The van der Waals surface area contributed by atoms with Crippen molar-refractivity contribution in [1.82, 2.24) is 10.3 Å². The van der Waals surface area contributed by atoms with E-state index in [2.05, 4.69) is 10.3 Å². The van der Waals surface area contributed by atoms with Gasteiger partial charge in [0, 0.05) is 30.6 Å². The fourth-order valence-corrected chi connectivity index (χ4v) is 3.73.